The first-order valence-electron chi connectivity index (χ1n) is 5.78. The van der Waals surface area contributed by atoms with Gasteiger partial charge in [0.2, 0.25) is 0 Å². The van der Waals surface area contributed by atoms with Gasteiger partial charge in [-0.2, -0.15) is 0 Å². The Morgan fingerprint density at radius 1 is 1.24 bits per heavy atom. The molecule has 0 saturated carbocycles. The maximum Gasteiger partial charge on any atom is 0.271 e. The van der Waals surface area contributed by atoms with Crippen LogP contribution < -0.4 is 10.3 Å². The number of nitrogens with one attached hydrogen (secondary N) is 1. The molecule has 0 aliphatic rings. The summed E-state index contributed by atoms with van der Waals surface area (Å²) in [6, 6.07) is 9.07. The zero-order valence-electron chi connectivity index (χ0n) is 10.1. The Labute approximate surface area is 99.8 Å². The van der Waals surface area contributed by atoms with Crippen molar-refractivity contribution in [2.75, 3.05) is 6.61 Å². The first-order chi connectivity index (χ1) is 8.24. The first-order valence-corrected chi connectivity index (χ1v) is 5.78. The molecule has 1 heterocycles. The second kappa shape index (κ2) is 4.91. The summed E-state index contributed by atoms with van der Waals surface area (Å²) in [4.78, 5) is 11.7. The smallest absolute Gasteiger partial charge is 0.271 e. The molecule has 2 aromatic rings. The molecule has 0 unspecified atom stereocenters. The normalized spacial score (nSPS) is 10.5. The molecule has 0 radical (unpaired) electrons. The van der Waals surface area contributed by atoms with Crippen molar-refractivity contribution in [2.24, 2.45) is 0 Å². The van der Waals surface area contributed by atoms with Crippen LogP contribution in [0.1, 0.15) is 19.5 Å². The molecule has 1 aromatic heterocycles. The number of benzene rings is 1. The van der Waals surface area contributed by atoms with Crippen LogP contribution in [0.3, 0.4) is 0 Å². The van der Waals surface area contributed by atoms with E-state index in [1.165, 1.54) is 4.68 Å². The van der Waals surface area contributed by atoms with Gasteiger partial charge in [-0.3, -0.25) is 9.89 Å². The molecule has 90 valence electrons. The van der Waals surface area contributed by atoms with Crippen molar-refractivity contribution in [1.82, 2.24) is 9.78 Å². The summed E-state index contributed by atoms with van der Waals surface area (Å²) in [6.07, 6.45) is 0.819. The van der Waals surface area contributed by atoms with Crippen LogP contribution in [0.5, 0.6) is 5.75 Å². The van der Waals surface area contributed by atoms with Crippen molar-refractivity contribution in [1.29, 1.82) is 0 Å². The third-order valence-electron chi connectivity index (χ3n) is 2.56. The zero-order chi connectivity index (χ0) is 12.3. The van der Waals surface area contributed by atoms with E-state index in [4.69, 9.17) is 4.74 Å². The van der Waals surface area contributed by atoms with Gasteiger partial charge in [-0.1, -0.05) is 6.92 Å². The lowest BCUT2D eigenvalue weighted by atomic mass is 10.3. The number of rotatable bonds is 4. The lowest BCUT2D eigenvalue weighted by molar-refractivity contribution is 0.340. The SMILES string of the molecule is CCOc1ccc(-n2[nH]c(CC)cc2=O)cc1. The largest absolute Gasteiger partial charge is 0.494 e. The minimum atomic E-state index is -0.0361. The average Bonchev–Trinajstić information content (AvgIpc) is 2.72. The highest BCUT2D eigenvalue weighted by atomic mass is 16.5. The number of aryl methyl sites for hydroxylation is 1. The van der Waals surface area contributed by atoms with Crippen LogP contribution in [0.2, 0.25) is 0 Å². The Morgan fingerprint density at radius 2 is 1.94 bits per heavy atom. The lowest BCUT2D eigenvalue weighted by Gasteiger charge is -2.05. The zero-order valence-corrected chi connectivity index (χ0v) is 10.1. The monoisotopic (exact) mass is 232 g/mol. The fraction of sp³-hybridized carbons (Fsp3) is 0.308. The molecule has 0 saturated heterocycles. The Bertz CT molecular complexity index is 537. The third kappa shape index (κ3) is 2.41. The molecular formula is C13H16N2O2. The quantitative estimate of drug-likeness (QED) is 0.877. The predicted octanol–water partition coefficient (Wildman–Crippen LogP) is 2.13. The topological polar surface area (TPSA) is 47.0 Å². The molecule has 0 bridgehead atoms. The molecule has 0 fully saturated rings. The lowest BCUT2D eigenvalue weighted by Crippen LogP contribution is -2.13. The van der Waals surface area contributed by atoms with Gasteiger partial charge in [-0.15, -0.1) is 0 Å². The molecule has 0 atom stereocenters. The van der Waals surface area contributed by atoms with Crippen LogP contribution in [-0.2, 0) is 6.42 Å². The Kier molecular flexibility index (Phi) is 3.32. The van der Waals surface area contributed by atoms with Crippen molar-refractivity contribution < 1.29 is 4.74 Å². The van der Waals surface area contributed by atoms with Gasteiger partial charge in [0.05, 0.1) is 12.3 Å². The van der Waals surface area contributed by atoms with E-state index in [0.717, 1.165) is 23.6 Å². The van der Waals surface area contributed by atoms with Gasteiger partial charge in [-0.25, -0.2) is 4.68 Å². The number of ether oxygens (including phenoxy) is 1. The maximum absolute atomic E-state index is 11.7. The van der Waals surface area contributed by atoms with Crippen molar-refractivity contribution in [3.8, 4) is 11.4 Å². The highest BCUT2D eigenvalue weighted by Crippen LogP contribution is 2.13. The van der Waals surface area contributed by atoms with Gasteiger partial charge < -0.3 is 4.74 Å². The van der Waals surface area contributed by atoms with Crippen LogP contribution in [0.4, 0.5) is 0 Å². The van der Waals surface area contributed by atoms with Crippen molar-refractivity contribution in [3.05, 3.63) is 46.4 Å². The van der Waals surface area contributed by atoms with E-state index in [9.17, 15) is 4.79 Å². The second-order valence-electron chi connectivity index (χ2n) is 3.74. The van der Waals surface area contributed by atoms with E-state index < -0.39 is 0 Å². The minimum Gasteiger partial charge on any atom is -0.494 e. The van der Waals surface area contributed by atoms with E-state index in [2.05, 4.69) is 5.10 Å². The third-order valence-corrected chi connectivity index (χ3v) is 2.56. The molecule has 1 N–H and O–H groups in total. The summed E-state index contributed by atoms with van der Waals surface area (Å²) in [5, 5.41) is 3.06. The maximum atomic E-state index is 11.7. The van der Waals surface area contributed by atoms with Gasteiger partial charge in [0.15, 0.2) is 0 Å². The molecule has 0 aliphatic carbocycles. The number of aromatic nitrogens is 2. The summed E-state index contributed by atoms with van der Waals surface area (Å²) in [6.45, 7) is 4.59. The van der Waals surface area contributed by atoms with Gasteiger partial charge in [0.25, 0.3) is 5.56 Å². The van der Waals surface area contributed by atoms with E-state index in [1.807, 2.05) is 38.1 Å². The van der Waals surface area contributed by atoms with Gasteiger partial charge in [0.1, 0.15) is 5.75 Å². The summed E-state index contributed by atoms with van der Waals surface area (Å²) in [7, 11) is 0. The molecule has 1 aromatic carbocycles. The Morgan fingerprint density at radius 3 is 2.47 bits per heavy atom. The Hall–Kier alpha value is -1.97. The number of H-pyrrole nitrogens is 1. The standard InChI is InChI=1S/C13H16N2O2/c1-3-10-9-13(16)15(14-10)11-5-7-12(8-6-11)17-4-2/h5-9,14H,3-4H2,1-2H3. The molecule has 4 nitrogen and oxygen atoms in total. The molecule has 0 aliphatic heterocycles. The number of hydrogen-bond donors (Lipinski definition) is 1. The van der Waals surface area contributed by atoms with Crippen LogP contribution in [-0.4, -0.2) is 16.4 Å². The van der Waals surface area contributed by atoms with Crippen LogP contribution >= 0.6 is 0 Å². The van der Waals surface area contributed by atoms with E-state index in [1.54, 1.807) is 6.07 Å². The molecule has 0 amide bonds. The van der Waals surface area contributed by atoms with Gasteiger partial charge in [-0.05, 0) is 37.6 Å². The summed E-state index contributed by atoms with van der Waals surface area (Å²) in [5.74, 6) is 0.812. The molecule has 0 spiro atoms. The predicted molar refractivity (Wildman–Crippen MR) is 66.9 cm³/mol. The van der Waals surface area contributed by atoms with Crippen LogP contribution in [0.15, 0.2) is 35.1 Å². The highest BCUT2D eigenvalue weighted by Gasteiger charge is 2.03. The number of aromatic amines is 1. The van der Waals surface area contributed by atoms with E-state index >= 15 is 0 Å². The van der Waals surface area contributed by atoms with Crippen LogP contribution in [0.25, 0.3) is 5.69 Å². The van der Waals surface area contributed by atoms with Crippen molar-refractivity contribution >= 4 is 0 Å². The van der Waals surface area contributed by atoms with Crippen LogP contribution in [0, 0.1) is 0 Å². The molecular weight excluding hydrogens is 216 g/mol. The number of nitrogens with zero attached hydrogens (tertiary/aromatic N) is 1. The van der Waals surface area contributed by atoms with E-state index in [-0.39, 0.29) is 5.56 Å². The average molecular weight is 232 g/mol. The fourth-order valence-electron chi connectivity index (χ4n) is 1.68. The summed E-state index contributed by atoms with van der Waals surface area (Å²) in [5.41, 5.74) is 1.72. The summed E-state index contributed by atoms with van der Waals surface area (Å²) < 4.78 is 6.89. The summed E-state index contributed by atoms with van der Waals surface area (Å²) >= 11 is 0. The number of hydrogen-bond acceptors (Lipinski definition) is 2. The van der Waals surface area contributed by atoms with Gasteiger partial charge in [0, 0.05) is 11.8 Å². The first kappa shape index (κ1) is 11.5. The minimum absolute atomic E-state index is 0.0361. The van der Waals surface area contributed by atoms with Gasteiger partial charge >= 0.3 is 0 Å². The van der Waals surface area contributed by atoms with Crippen molar-refractivity contribution in [3.63, 3.8) is 0 Å². The molecule has 4 heteroatoms. The molecule has 17 heavy (non-hydrogen) atoms. The molecule has 2 rings (SSSR count). The Balaban J connectivity index is 2.32. The van der Waals surface area contributed by atoms with Crippen molar-refractivity contribution in [2.45, 2.75) is 20.3 Å². The van der Waals surface area contributed by atoms with E-state index in [0.29, 0.717) is 6.61 Å². The second-order valence-corrected chi connectivity index (χ2v) is 3.74. The fourth-order valence-corrected chi connectivity index (χ4v) is 1.68. The highest BCUT2D eigenvalue weighted by molar-refractivity contribution is 5.36.